The molecule has 0 atom stereocenters. The zero-order valence-corrected chi connectivity index (χ0v) is 10.7. The Morgan fingerprint density at radius 2 is 2.06 bits per heavy atom. The molecule has 0 saturated carbocycles. The lowest BCUT2D eigenvalue weighted by molar-refractivity contribution is -0.136. The van der Waals surface area contributed by atoms with Crippen molar-refractivity contribution in [3.63, 3.8) is 0 Å². The second-order valence-electron chi connectivity index (χ2n) is 4.06. The van der Waals surface area contributed by atoms with Crippen LogP contribution in [0.4, 0.5) is 0 Å². The monoisotopic (exact) mass is 258 g/mol. The van der Waals surface area contributed by atoms with E-state index < -0.39 is 22.2 Å². The number of carbonyl (C=O) groups is 1. The fraction of sp³-hybridized carbons (Fsp3) is 0.500. The first-order valence-corrected chi connectivity index (χ1v) is 6.88. The highest BCUT2D eigenvalue weighted by Crippen LogP contribution is 2.16. The number of hydrogen-bond acceptors (Lipinski definition) is 5. The topological polar surface area (TPSA) is 97.2 Å². The molecule has 0 saturated heterocycles. The molecule has 6 nitrogen and oxygen atoms in total. The van der Waals surface area contributed by atoms with E-state index >= 15 is 0 Å². The molecule has 1 aromatic rings. The van der Waals surface area contributed by atoms with E-state index in [2.05, 4.69) is 9.97 Å². The van der Waals surface area contributed by atoms with Gasteiger partial charge in [0.25, 0.3) is 0 Å². The zero-order valence-electron chi connectivity index (χ0n) is 9.84. The highest BCUT2D eigenvalue weighted by Gasteiger charge is 2.19. The van der Waals surface area contributed by atoms with Crippen LogP contribution in [0, 0.1) is 0 Å². The molecule has 0 bridgehead atoms. The van der Waals surface area contributed by atoms with Gasteiger partial charge in [0.05, 0.1) is 6.42 Å². The Hall–Kier alpha value is -1.50. The van der Waals surface area contributed by atoms with Crippen molar-refractivity contribution in [1.82, 2.24) is 9.97 Å². The quantitative estimate of drug-likeness (QED) is 0.795. The standard InChI is InChI=1S/C10H14N2O4S/c1-6(2)9-11-5-7(4-8(13)14)10(12-9)17(3,15)16/h5-6H,4H2,1-3H3,(H,13,14). The van der Waals surface area contributed by atoms with E-state index in [9.17, 15) is 13.2 Å². The summed E-state index contributed by atoms with van der Waals surface area (Å²) in [6, 6.07) is 0. The molecule has 1 heterocycles. The molecule has 17 heavy (non-hydrogen) atoms. The zero-order chi connectivity index (χ0) is 13.2. The molecular weight excluding hydrogens is 244 g/mol. The summed E-state index contributed by atoms with van der Waals surface area (Å²) in [5.74, 6) is -0.746. The molecule has 0 fully saturated rings. The Kier molecular flexibility index (Phi) is 3.82. The van der Waals surface area contributed by atoms with Crippen molar-refractivity contribution in [1.29, 1.82) is 0 Å². The van der Waals surface area contributed by atoms with Gasteiger partial charge in [-0.05, 0) is 0 Å². The van der Waals surface area contributed by atoms with Gasteiger partial charge in [-0.25, -0.2) is 18.4 Å². The van der Waals surface area contributed by atoms with Crippen LogP contribution < -0.4 is 0 Å². The van der Waals surface area contributed by atoms with Crippen LogP contribution in [-0.4, -0.2) is 35.7 Å². The minimum Gasteiger partial charge on any atom is -0.481 e. The summed E-state index contributed by atoms with van der Waals surface area (Å²) in [6.07, 6.45) is 1.87. The summed E-state index contributed by atoms with van der Waals surface area (Å²) in [4.78, 5) is 18.5. The third-order valence-corrected chi connectivity index (χ3v) is 3.11. The van der Waals surface area contributed by atoms with Crippen molar-refractivity contribution in [3.8, 4) is 0 Å². The summed E-state index contributed by atoms with van der Waals surface area (Å²) >= 11 is 0. The minimum absolute atomic E-state index is 0.0191. The summed E-state index contributed by atoms with van der Waals surface area (Å²) in [5.41, 5.74) is 0.115. The highest BCUT2D eigenvalue weighted by molar-refractivity contribution is 7.90. The molecule has 0 aliphatic heterocycles. The van der Waals surface area contributed by atoms with Crippen LogP contribution in [0.5, 0.6) is 0 Å². The van der Waals surface area contributed by atoms with Gasteiger partial charge in [-0.1, -0.05) is 13.8 Å². The summed E-state index contributed by atoms with van der Waals surface area (Å²) in [6.45, 7) is 3.66. The number of sulfone groups is 1. The fourth-order valence-electron chi connectivity index (χ4n) is 1.29. The molecule has 1 rings (SSSR count). The molecule has 0 aliphatic carbocycles. The number of carboxylic acid groups (broad SMARTS) is 1. The number of nitrogens with zero attached hydrogens (tertiary/aromatic N) is 2. The van der Waals surface area contributed by atoms with Crippen LogP contribution in [0.15, 0.2) is 11.2 Å². The molecule has 0 unspecified atom stereocenters. The predicted octanol–water partition coefficient (Wildman–Crippen LogP) is 0.631. The Morgan fingerprint density at radius 3 is 2.47 bits per heavy atom. The van der Waals surface area contributed by atoms with Crippen LogP contribution >= 0.6 is 0 Å². The van der Waals surface area contributed by atoms with Crippen molar-refractivity contribution in [2.75, 3.05) is 6.26 Å². The third kappa shape index (κ3) is 3.48. The summed E-state index contributed by atoms with van der Waals surface area (Å²) in [5, 5.41) is 8.49. The van der Waals surface area contributed by atoms with Gasteiger partial charge >= 0.3 is 5.97 Å². The Morgan fingerprint density at radius 1 is 1.47 bits per heavy atom. The number of carboxylic acids is 1. The molecule has 94 valence electrons. The van der Waals surface area contributed by atoms with Gasteiger partial charge in [0.1, 0.15) is 5.82 Å². The summed E-state index contributed by atoms with van der Waals surface area (Å²) in [7, 11) is -3.55. The predicted molar refractivity (Wildman–Crippen MR) is 60.6 cm³/mol. The lowest BCUT2D eigenvalue weighted by Crippen LogP contribution is -2.13. The average Bonchev–Trinajstić information content (AvgIpc) is 2.15. The first kappa shape index (κ1) is 13.6. The molecule has 0 aromatic carbocycles. The van der Waals surface area contributed by atoms with Crippen molar-refractivity contribution in [2.24, 2.45) is 0 Å². The van der Waals surface area contributed by atoms with Crippen LogP contribution in [0.2, 0.25) is 0 Å². The average molecular weight is 258 g/mol. The second-order valence-corrected chi connectivity index (χ2v) is 5.99. The molecule has 1 N–H and O–H groups in total. The maximum Gasteiger partial charge on any atom is 0.307 e. The van der Waals surface area contributed by atoms with E-state index in [0.29, 0.717) is 5.82 Å². The van der Waals surface area contributed by atoms with E-state index in [-0.39, 0.29) is 16.5 Å². The molecule has 1 aromatic heterocycles. The van der Waals surface area contributed by atoms with E-state index in [1.54, 1.807) is 0 Å². The van der Waals surface area contributed by atoms with Crippen LogP contribution in [0.25, 0.3) is 0 Å². The largest absolute Gasteiger partial charge is 0.481 e. The molecule has 0 radical (unpaired) electrons. The van der Waals surface area contributed by atoms with Gasteiger partial charge in [-0.3, -0.25) is 4.79 Å². The second kappa shape index (κ2) is 4.79. The van der Waals surface area contributed by atoms with Gasteiger partial charge in [0.2, 0.25) is 0 Å². The molecule has 0 amide bonds. The fourth-order valence-corrected chi connectivity index (χ4v) is 2.15. The van der Waals surface area contributed by atoms with Crippen molar-refractivity contribution in [3.05, 3.63) is 17.6 Å². The maximum absolute atomic E-state index is 11.5. The van der Waals surface area contributed by atoms with E-state index in [0.717, 1.165) is 6.26 Å². The number of rotatable bonds is 4. The van der Waals surface area contributed by atoms with Crippen molar-refractivity contribution < 1.29 is 18.3 Å². The SMILES string of the molecule is CC(C)c1ncc(CC(=O)O)c(S(C)(=O)=O)n1. The Bertz CT molecular complexity index is 537. The maximum atomic E-state index is 11.5. The summed E-state index contributed by atoms with van der Waals surface area (Å²) < 4.78 is 23.1. The van der Waals surface area contributed by atoms with Gasteiger partial charge in [-0.2, -0.15) is 0 Å². The van der Waals surface area contributed by atoms with Crippen LogP contribution in [0.1, 0.15) is 31.2 Å². The van der Waals surface area contributed by atoms with Gasteiger partial charge in [0.15, 0.2) is 14.9 Å². The number of hydrogen-bond donors (Lipinski definition) is 1. The molecular formula is C10H14N2O4S. The van der Waals surface area contributed by atoms with Crippen LogP contribution in [-0.2, 0) is 21.1 Å². The first-order valence-electron chi connectivity index (χ1n) is 4.99. The molecule has 0 spiro atoms. The van der Waals surface area contributed by atoms with Crippen LogP contribution in [0.3, 0.4) is 0 Å². The van der Waals surface area contributed by atoms with Gasteiger partial charge in [-0.15, -0.1) is 0 Å². The Labute approximate surface area is 99.6 Å². The number of aromatic nitrogens is 2. The van der Waals surface area contributed by atoms with E-state index in [1.807, 2.05) is 13.8 Å². The lowest BCUT2D eigenvalue weighted by Gasteiger charge is -2.08. The Balaban J connectivity index is 3.37. The molecule has 0 aliphatic rings. The minimum atomic E-state index is -3.55. The van der Waals surface area contributed by atoms with Gasteiger partial charge < -0.3 is 5.11 Å². The van der Waals surface area contributed by atoms with Crippen molar-refractivity contribution >= 4 is 15.8 Å². The number of aliphatic carboxylic acids is 1. The smallest absolute Gasteiger partial charge is 0.307 e. The van der Waals surface area contributed by atoms with E-state index in [1.165, 1.54) is 6.20 Å². The lowest BCUT2D eigenvalue weighted by atomic mass is 10.2. The van der Waals surface area contributed by atoms with Crippen molar-refractivity contribution in [2.45, 2.75) is 31.2 Å². The first-order chi connectivity index (χ1) is 7.71. The van der Waals surface area contributed by atoms with E-state index in [4.69, 9.17) is 5.11 Å². The normalized spacial score (nSPS) is 11.8. The molecule has 7 heteroatoms. The third-order valence-electron chi connectivity index (χ3n) is 2.05. The van der Waals surface area contributed by atoms with Gasteiger partial charge in [0, 0.05) is 23.9 Å². The highest BCUT2D eigenvalue weighted by atomic mass is 32.2.